The van der Waals surface area contributed by atoms with Crippen LogP contribution in [0.2, 0.25) is 0 Å². The Morgan fingerprint density at radius 1 is 1.14 bits per heavy atom. The van der Waals surface area contributed by atoms with Gasteiger partial charge in [-0.05, 0) is 43.0 Å². The zero-order valence-electron chi connectivity index (χ0n) is 12.6. The van der Waals surface area contributed by atoms with Gasteiger partial charge in [-0.1, -0.05) is 30.3 Å². The van der Waals surface area contributed by atoms with Gasteiger partial charge in [-0.15, -0.1) is 0 Å². The van der Waals surface area contributed by atoms with Crippen molar-refractivity contribution in [3.8, 4) is 0 Å². The monoisotopic (exact) mass is 293 g/mol. The summed E-state index contributed by atoms with van der Waals surface area (Å²) >= 11 is 0. The van der Waals surface area contributed by atoms with Gasteiger partial charge in [0, 0.05) is 12.7 Å². The Hall–Kier alpha value is -2.20. The number of anilines is 1. The molecule has 1 aromatic carbocycles. The zero-order chi connectivity index (χ0) is 15.1. The maximum absolute atomic E-state index is 12.9. The van der Waals surface area contributed by atoms with Gasteiger partial charge in [-0.2, -0.15) is 0 Å². The summed E-state index contributed by atoms with van der Waals surface area (Å²) in [5, 5.41) is 0. The summed E-state index contributed by atoms with van der Waals surface area (Å²) < 4.78 is 0. The Morgan fingerprint density at radius 3 is 2.73 bits per heavy atom. The summed E-state index contributed by atoms with van der Waals surface area (Å²) in [5.41, 5.74) is 2.42. The van der Waals surface area contributed by atoms with E-state index < -0.39 is 0 Å². The molecular formula is C18H19N3O. The topological polar surface area (TPSA) is 36.4 Å². The van der Waals surface area contributed by atoms with Crippen molar-refractivity contribution >= 4 is 11.7 Å². The van der Waals surface area contributed by atoms with Crippen molar-refractivity contribution in [2.24, 2.45) is 0 Å². The number of pyridine rings is 1. The highest BCUT2D eigenvalue weighted by Crippen LogP contribution is 2.42. The molecule has 112 valence electrons. The molecule has 4 heteroatoms. The highest BCUT2D eigenvalue weighted by molar-refractivity contribution is 5.99. The molecule has 2 fully saturated rings. The third-order valence-electron chi connectivity index (χ3n) is 4.74. The van der Waals surface area contributed by atoms with E-state index >= 15 is 0 Å². The van der Waals surface area contributed by atoms with Gasteiger partial charge in [0.05, 0.1) is 6.04 Å². The molecule has 2 atom stereocenters. The minimum absolute atomic E-state index is 0.00612. The lowest BCUT2D eigenvalue weighted by molar-refractivity contribution is -0.119. The van der Waals surface area contributed by atoms with E-state index in [2.05, 4.69) is 28.9 Å². The molecule has 22 heavy (non-hydrogen) atoms. The predicted molar refractivity (Wildman–Crippen MR) is 85.4 cm³/mol. The van der Waals surface area contributed by atoms with Crippen molar-refractivity contribution in [3.05, 3.63) is 59.8 Å². The van der Waals surface area contributed by atoms with E-state index in [-0.39, 0.29) is 18.1 Å². The minimum atomic E-state index is -0.0314. The molecule has 4 nitrogen and oxygen atoms in total. The number of fused-ring (bicyclic) bond motifs is 1. The third-order valence-corrected chi connectivity index (χ3v) is 4.74. The number of rotatable bonds is 2. The number of carbonyl (C=O) groups excluding carboxylic acids is 1. The van der Waals surface area contributed by atoms with Crippen LogP contribution in [0.25, 0.3) is 0 Å². The van der Waals surface area contributed by atoms with Gasteiger partial charge in [-0.25, -0.2) is 4.98 Å². The molecule has 2 saturated heterocycles. The van der Waals surface area contributed by atoms with Crippen LogP contribution in [-0.4, -0.2) is 28.4 Å². The van der Waals surface area contributed by atoms with Crippen LogP contribution in [0.1, 0.15) is 30.1 Å². The Balaban J connectivity index is 1.84. The minimum Gasteiger partial charge on any atom is -0.275 e. The molecule has 1 amide bonds. The molecule has 0 aliphatic carbocycles. The second-order valence-electron chi connectivity index (χ2n) is 6.02. The van der Waals surface area contributed by atoms with E-state index in [1.807, 2.05) is 35.2 Å². The molecule has 0 N–H and O–H groups in total. The first-order valence-corrected chi connectivity index (χ1v) is 7.83. The van der Waals surface area contributed by atoms with E-state index in [0.29, 0.717) is 0 Å². The van der Waals surface area contributed by atoms with Crippen molar-refractivity contribution in [2.45, 2.75) is 32.0 Å². The smallest absolute Gasteiger partial charge is 0.247 e. The average Bonchev–Trinajstić information content (AvgIpc) is 3.11. The summed E-state index contributed by atoms with van der Waals surface area (Å²) in [5.74, 6) is 0.930. The zero-order valence-corrected chi connectivity index (χ0v) is 12.6. The van der Waals surface area contributed by atoms with Gasteiger partial charge in [0.15, 0.2) is 0 Å². The molecule has 0 radical (unpaired) electrons. The van der Waals surface area contributed by atoms with E-state index in [1.54, 1.807) is 6.20 Å². The van der Waals surface area contributed by atoms with Crippen LogP contribution in [0.4, 0.5) is 5.82 Å². The molecule has 1 aromatic heterocycles. The lowest BCUT2D eigenvalue weighted by atomic mass is 10.1. The van der Waals surface area contributed by atoms with Crippen LogP contribution >= 0.6 is 0 Å². The maximum Gasteiger partial charge on any atom is 0.247 e. The Bertz CT molecular complexity index is 700. The second kappa shape index (κ2) is 5.21. The van der Waals surface area contributed by atoms with Crippen molar-refractivity contribution in [3.63, 3.8) is 0 Å². The lowest BCUT2D eigenvalue weighted by Crippen LogP contribution is -2.33. The first-order valence-electron chi connectivity index (χ1n) is 7.83. The van der Waals surface area contributed by atoms with Crippen LogP contribution in [0.15, 0.2) is 48.7 Å². The number of aryl methyl sites for hydroxylation is 1. The van der Waals surface area contributed by atoms with Gasteiger partial charge < -0.3 is 0 Å². The highest BCUT2D eigenvalue weighted by atomic mass is 16.2. The number of aromatic nitrogens is 1. The predicted octanol–water partition coefficient (Wildman–Crippen LogP) is 2.90. The molecule has 2 aliphatic rings. The number of amides is 1. The Morgan fingerprint density at radius 2 is 1.95 bits per heavy atom. The number of benzene rings is 1. The molecule has 4 rings (SSSR count). The Labute approximate surface area is 130 Å². The highest BCUT2D eigenvalue weighted by Gasteiger charge is 2.49. The lowest BCUT2D eigenvalue weighted by Gasteiger charge is -2.30. The molecule has 0 unspecified atom stereocenters. The maximum atomic E-state index is 12.9. The van der Waals surface area contributed by atoms with Crippen LogP contribution < -0.4 is 4.90 Å². The van der Waals surface area contributed by atoms with Gasteiger partial charge >= 0.3 is 0 Å². The summed E-state index contributed by atoms with van der Waals surface area (Å²) in [7, 11) is 0. The van der Waals surface area contributed by atoms with Crippen molar-refractivity contribution in [1.29, 1.82) is 0 Å². The quantitative estimate of drug-likeness (QED) is 0.854. The molecule has 0 bridgehead atoms. The standard InChI is InChI=1S/C18H19N3O/c1-13-7-2-3-8-14(13)17-20-12-6-9-15(20)18(22)21(17)16-10-4-5-11-19-16/h2-5,7-8,10-11,15,17H,6,9,12H2,1H3/t15-,17+/m0/s1. The van der Waals surface area contributed by atoms with Crippen LogP contribution in [-0.2, 0) is 4.79 Å². The molecule has 3 heterocycles. The molecule has 2 aliphatic heterocycles. The number of hydrogen-bond acceptors (Lipinski definition) is 3. The van der Waals surface area contributed by atoms with Gasteiger partial charge in [0.25, 0.3) is 0 Å². The van der Waals surface area contributed by atoms with E-state index in [9.17, 15) is 4.79 Å². The fourth-order valence-corrected chi connectivity index (χ4v) is 3.70. The van der Waals surface area contributed by atoms with Gasteiger partial charge in [0.2, 0.25) is 5.91 Å². The van der Waals surface area contributed by atoms with E-state index in [4.69, 9.17) is 0 Å². The molecule has 0 spiro atoms. The second-order valence-corrected chi connectivity index (χ2v) is 6.02. The summed E-state index contributed by atoms with van der Waals surface area (Å²) in [6.07, 6.45) is 3.76. The fraction of sp³-hybridized carbons (Fsp3) is 0.333. The number of nitrogens with zero attached hydrogens (tertiary/aromatic N) is 3. The molecular weight excluding hydrogens is 274 g/mol. The van der Waals surface area contributed by atoms with Gasteiger partial charge in [0.1, 0.15) is 12.0 Å². The first kappa shape index (κ1) is 13.5. The van der Waals surface area contributed by atoms with Crippen molar-refractivity contribution < 1.29 is 4.79 Å². The SMILES string of the molecule is Cc1ccccc1[C@H]1N(c2ccccn2)C(=O)[C@@H]2CCCN21. The largest absolute Gasteiger partial charge is 0.275 e. The molecule has 2 aromatic rings. The molecule has 0 saturated carbocycles. The number of carbonyl (C=O) groups is 1. The van der Waals surface area contributed by atoms with Crippen molar-refractivity contribution in [1.82, 2.24) is 9.88 Å². The summed E-state index contributed by atoms with van der Waals surface area (Å²) in [6.45, 7) is 3.08. The van der Waals surface area contributed by atoms with Gasteiger partial charge in [-0.3, -0.25) is 14.6 Å². The van der Waals surface area contributed by atoms with Crippen LogP contribution in [0, 0.1) is 6.92 Å². The summed E-state index contributed by atoms with van der Waals surface area (Å²) in [4.78, 5) is 21.6. The normalized spacial score (nSPS) is 24.8. The van der Waals surface area contributed by atoms with Crippen LogP contribution in [0.3, 0.4) is 0 Å². The summed E-state index contributed by atoms with van der Waals surface area (Å²) in [6, 6.07) is 14.1. The van der Waals surface area contributed by atoms with Crippen LogP contribution in [0.5, 0.6) is 0 Å². The average molecular weight is 293 g/mol. The third kappa shape index (κ3) is 1.95. The van der Waals surface area contributed by atoms with E-state index in [1.165, 1.54) is 11.1 Å². The first-order chi connectivity index (χ1) is 10.8. The Kier molecular flexibility index (Phi) is 3.19. The number of hydrogen-bond donors (Lipinski definition) is 0. The van der Waals surface area contributed by atoms with E-state index in [0.717, 1.165) is 25.2 Å². The fourth-order valence-electron chi connectivity index (χ4n) is 3.70. The van der Waals surface area contributed by atoms with Crippen molar-refractivity contribution in [2.75, 3.05) is 11.4 Å².